The number of esters is 2. The van der Waals surface area contributed by atoms with Crippen molar-refractivity contribution < 1.29 is 52.6 Å². The highest BCUT2D eigenvalue weighted by Gasteiger charge is 2.39. The van der Waals surface area contributed by atoms with Crippen LogP contribution in [-0.4, -0.2) is 77.5 Å². The van der Waals surface area contributed by atoms with Crippen LogP contribution in [0.1, 0.15) is 174 Å². The highest BCUT2D eigenvalue weighted by atomic mass is 31.2. The van der Waals surface area contributed by atoms with E-state index in [1.807, 2.05) is 12.2 Å². The van der Waals surface area contributed by atoms with Crippen LogP contribution in [-0.2, 0) is 37.5 Å². The van der Waals surface area contributed by atoms with Crippen molar-refractivity contribution in [2.45, 2.75) is 193 Å². The Kier molecular flexibility index (Phi) is 34.4. The van der Waals surface area contributed by atoms with Gasteiger partial charge in [-0.2, -0.15) is 0 Å². The molecule has 346 valence electrons. The first-order valence-corrected chi connectivity index (χ1v) is 24.7. The number of rotatable bonds is 39. The maximum atomic E-state index is 12.7. The van der Waals surface area contributed by atoms with Gasteiger partial charge in [0.25, 0.3) is 0 Å². The summed E-state index contributed by atoms with van der Waals surface area (Å²) in [7, 11) is -4.46. The van der Waals surface area contributed by atoms with Crippen LogP contribution in [0.3, 0.4) is 0 Å². The number of allylic oxidation sites excluding steroid dienone is 7. The lowest BCUT2D eigenvalue weighted by Gasteiger charge is -2.19. The van der Waals surface area contributed by atoms with Crippen LogP contribution in [0.2, 0.25) is 0 Å². The molecule has 12 nitrogen and oxygen atoms in total. The van der Waals surface area contributed by atoms with Gasteiger partial charge in [0.15, 0.2) is 6.10 Å². The summed E-state index contributed by atoms with van der Waals surface area (Å²) in [5.41, 5.74) is 5.35. The number of phosphoric acid groups is 1. The second-order valence-electron chi connectivity index (χ2n) is 16.1. The molecule has 0 amide bonds. The monoisotopic (exact) mass is 868 g/mol. The number of hydrogen-bond donors (Lipinski definition) is 4. The molecule has 0 aromatic carbocycles. The first-order valence-electron chi connectivity index (χ1n) is 23.2. The molecule has 1 aliphatic rings. The van der Waals surface area contributed by atoms with E-state index < -0.39 is 50.6 Å². The van der Waals surface area contributed by atoms with Crippen molar-refractivity contribution in [2.24, 2.45) is 17.6 Å². The second-order valence-corrected chi connectivity index (χ2v) is 17.5. The third-order valence-electron chi connectivity index (χ3n) is 10.6. The summed E-state index contributed by atoms with van der Waals surface area (Å²) in [5, 5.41) is 20.7. The van der Waals surface area contributed by atoms with E-state index in [1.165, 1.54) is 57.8 Å². The average Bonchev–Trinajstić information content (AvgIpc) is 3.49. The summed E-state index contributed by atoms with van der Waals surface area (Å²) < 4.78 is 32.8. The molecule has 1 saturated carbocycles. The van der Waals surface area contributed by atoms with E-state index in [-0.39, 0.29) is 50.7 Å². The Morgan fingerprint density at radius 3 is 2.02 bits per heavy atom. The van der Waals surface area contributed by atoms with Crippen molar-refractivity contribution in [3.8, 4) is 0 Å². The van der Waals surface area contributed by atoms with Crippen molar-refractivity contribution in [1.82, 2.24) is 0 Å². The molecular weight excluding hydrogens is 785 g/mol. The number of aliphatic hydroxyl groups excluding tert-OH is 2. The molecule has 1 fully saturated rings. The minimum Gasteiger partial charge on any atom is -0.462 e. The van der Waals surface area contributed by atoms with Crippen LogP contribution in [0.15, 0.2) is 48.6 Å². The van der Waals surface area contributed by atoms with Gasteiger partial charge in [-0.05, 0) is 64.2 Å². The van der Waals surface area contributed by atoms with Gasteiger partial charge in [-0.15, -0.1) is 0 Å². The molecule has 0 heterocycles. The third kappa shape index (κ3) is 30.6. The summed E-state index contributed by atoms with van der Waals surface area (Å²) in [6, 6.07) is 0. The Balaban J connectivity index is 2.36. The van der Waals surface area contributed by atoms with Gasteiger partial charge in [0.1, 0.15) is 12.4 Å². The normalized spacial score (nSPS) is 19.2. The first-order chi connectivity index (χ1) is 29.0. The zero-order valence-corrected chi connectivity index (χ0v) is 38.0. The van der Waals surface area contributed by atoms with Crippen LogP contribution in [0.4, 0.5) is 0 Å². The van der Waals surface area contributed by atoms with E-state index in [9.17, 15) is 34.1 Å². The molecule has 0 bridgehead atoms. The Labute approximate surface area is 362 Å². The van der Waals surface area contributed by atoms with Crippen LogP contribution >= 0.6 is 7.82 Å². The lowest BCUT2D eigenvalue weighted by atomic mass is 9.90. The van der Waals surface area contributed by atoms with Gasteiger partial charge in [-0.3, -0.25) is 23.4 Å². The Bertz CT molecular complexity index is 1290. The predicted molar refractivity (Wildman–Crippen MR) is 239 cm³/mol. The summed E-state index contributed by atoms with van der Waals surface area (Å²) in [4.78, 5) is 47.6. The summed E-state index contributed by atoms with van der Waals surface area (Å²) in [6.45, 7) is 3.29. The number of hydrogen-bond acceptors (Lipinski definition) is 11. The number of carbonyl (C=O) groups is 3. The molecule has 0 radical (unpaired) electrons. The fourth-order valence-electron chi connectivity index (χ4n) is 7.00. The molecule has 0 aromatic rings. The van der Waals surface area contributed by atoms with E-state index in [4.69, 9.17) is 24.3 Å². The maximum Gasteiger partial charge on any atom is 0.472 e. The lowest BCUT2D eigenvalue weighted by Crippen LogP contribution is -2.29. The molecule has 1 rings (SSSR count). The fourth-order valence-corrected chi connectivity index (χ4v) is 7.76. The van der Waals surface area contributed by atoms with Crippen molar-refractivity contribution >= 4 is 25.5 Å². The van der Waals surface area contributed by atoms with E-state index in [2.05, 4.69) is 38.2 Å². The highest BCUT2D eigenvalue weighted by Crippen LogP contribution is 2.43. The van der Waals surface area contributed by atoms with Gasteiger partial charge in [0.05, 0.1) is 25.4 Å². The van der Waals surface area contributed by atoms with Crippen LogP contribution in [0.25, 0.3) is 0 Å². The molecule has 0 saturated heterocycles. The van der Waals surface area contributed by atoms with Gasteiger partial charge in [-0.25, -0.2) is 4.57 Å². The number of ether oxygens (including phenoxy) is 2. The summed E-state index contributed by atoms with van der Waals surface area (Å²) in [5.74, 6) is -1.80. The summed E-state index contributed by atoms with van der Waals surface area (Å²) >= 11 is 0. The van der Waals surface area contributed by atoms with Gasteiger partial charge < -0.3 is 30.3 Å². The van der Waals surface area contributed by atoms with Crippen molar-refractivity contribution in [3.05, 3.63) is 48.6 Å². The van der Waals surface area contributed by atoms with E-state index in [1.54, 1.807) is 12.2 Å². The molecular formula is C47H82NO11P. The van der Waals surface area contributed by atoms with Gasteiger partial charge >= 0.3 is 19.8 Å². The number of phosphoric ester groups is 1. The molecule has 6 atom stereocenters. The van der Waals surface area contributed by atoms with Crippen molar-refractivity contribution in [1.29, 1.82) is 0 Å². The minimum absolute atomic E-state index is 0.00856. The molecule has 1 aliphatic carbocycles. The third-order valence-corrected chi connectivity index (χ3v) is 11.5. The average molecular weight is 868 g/mol. The minimum atomic E-state index is -4.46. The molecule has 0 spiro atoms. The molecule has 0 aliphatic heterocycles. The molecule has 5 N–H and O–H groups in total. The Morgan fingerprint density at radius 2 is 1.35 bits per heavy atom. The number of Topliss-reactive ketones (excluding diaryl/α,β-unsaturated/α-hetero) is 1. The van der Waals surface area contributed by atoms with E-state index in [0.29, 0.717) is 32.1 Å². The van der Waals surface area contributed by atoms with Crippen LogP contribution in [0, 0.1) is 11.8 Å². The maximum absolute atomic E-state index is 12.7. The lowest BCUT2D eigenvalue weighted by molar-refractivity contribution is -0.161. The topological polar surface area (TPSA) is 192 Å². The smallest absolute Gasteiger partial charge is 0.462 e. The predicted octanol–water partition coefficient (Wildman–Crippen LogP) is 10.1. The highest BCUT2D eigenvalue weighted by molar-refractivity contribution is 7.47. The standard InChI is InChI=1S/C47H82NO11P/c1-3-5-7-8-9-10-11-12-13-14-15-16-17-18-19-20-21-22-27-31-46(52)56-38-41(39-58-60(54,55)57-36-35-48)59-47(53)32-28-24-23-26-30-42-43(45(51)37-44(42)50)34-33-40(49)29-25-6-4-2/h9-10,12-13,23,26,33-34,40-44,49-50H,3-8,11,14-22,24-25,27-32,35-39,48H2,1-2H3,(H,54,55)/b10-9-,13-12-,26-23-,34-33+/t40-,41+,42+,43+,44-/m0/s1. The molecule has 1 unspecified atom stereocenters. The fraction of sp³-hybridized carbons (Fsp3) is 0.766. The van der Waals surface area contributed by atoms with Gasteiger partial charge in [0, 0.05) is 37.6 Å². The van der Waals surface area contributed by atoms with Gasteiger partial charge in [0.2, 0.25) is 0 Å². The van der Waals surface area contributed by atoms with E-state index in [0.717, 1.165) is 51.4 Å². The van der Waals surface area contributed by atoms with E-state index >= 15 is 0 Å². The largest absolute Gasteiger partial charge is 0.472 e. The number of nitrogens with two attached hydrogens (primary N) is 1. The molecule has 13 heteroatoms. The quantitative estimate of drug-likeness (QED) is 0.0198. The number of ketones is 1. The Morgan fingerprint density at radius 1 is 0.767 bits per heavy atom. The van der Waals surface area contributed by atoms with Crippen molar-refractivity contribution in [2.75, 3.05) is 26.4 Å². The van der Waals surface area contributed by atoms with Gasteiger partial charge in [-0.1, -0.05) is 140 Å². The second kappa shape index (κ2) is 37.1. The zero-order valence-electron chi connectivity index (χ0n) is 37.1. The summed E-state index contributed by atoms with van der Waals surface area (Å²) in [6.07, 6.45) is 36.5. The van der Waals surface area contributed by atoms with Crippen LogP contribution < -0.4 is 5.73 Å². The van der Waals surface area contributed by atoms with Crippen LogP contribution in [0.5, 0.6) is 0 Å². The molecule has 60 heavy (non-hydrogen) atoms. The first kappa shape index (κ1) is 55.6. The number of unbranched alkanes of at least 4 members (excludes halogenated alkanes) is 15. The SMILES string of the molecule is CCCCC/C=C\C/C=C\CCCCCCCCCCCC(=O)OC[C@H](COP(=O)(O)OCCN)OC(=O)CCC/C=C\C[C@H]1[C@@H](O)CC(=O)[C@@H]1/C=C/[C@@H](O)CCCCC. The molecule has 0 aromatic heterocycles. The number of aliphatic hydroxyl groups is 2. The Hall–Kier alpha value is -2.44. The zero-order chi connectivity index (χ0) is 44.1. The number of carbonyl (C=O) groups excluding carboxylic acids is 3. The van der Waals surface area contributed by atoms with Crippen molar-refractivity contribution in [3.63, 3.8) is 0 Å².